The molecule has 0 nitrogen and oxygen atoms in total. The summed E-state index contributed by atoms with van der Waals surface area (Å²) in [6.45, 7) is 0. The van der Waals surface area contributed by atoms with E-state index < -0.39 is 44.0 Å². The zero-order valence-corrected chi connectivity index (χ0v) is 39.4. The van der Waals surface area contributed by atoms with Gasteiger partial charge in [-0.3, -0.25) is 0 Å². The number of benzene rings is 9. The van der Waals surface area contributed by atoms with Crippen LogP contribution < -0.4 is 39.2 Å². The summed E-state index contributed by atoms with van der Waals surface area (Å²) in [7, 11) is 0. The van der Waals surface area contributed by atoms with Crippen molar-refractivity contribution in [2.75, 3.05) is 0 Å². The standard InChI is InChI=1S/3C18H15As.Rh/c3*1-4-10-16(11-5-1)19(17-12-6-2-7-13-17)18-14-8-3-9-15-18;/h3*1-15H;. The first-order valence-electron chi connectivity index (χ1n) is 19.2. The van der Waals surface area contributed by atoms with Gasteiger partial charge in [-0.15, -0.1) is 0 Å². The Morgan fingerprint density at radius 2 is 0.224 bits per heavy atom. The van der Waals surface area contributed by atoms with Crippen LogP contribution in [0, 0.1) is 0 Å². The fourth-order valence-electron chi connectivity index (χ4n) is 6.54. The predicted octanol–water partition coefficient (Wildman–Crippen LogP) is 6.61. The maximum atomic E-state index is 2.26. The van der Waals surface area contributed by atoms with Crippen LogP contribution in [0.3, 0.4) is 0 Å². The van der Waals surface area contributed by atoms with Crippen molar-refractivity contribution in [1.82, 2.24) is 0 Å². The Kier molecular flexibility index (Phi) is 17.5. The van der Waals surface area contributed by atoms with Crippen molar-refractivity contribution in [1.29, 1.82) is 0 Å². The molecule has 0 N–H and O–H groups in total. The van der Waals surface area contributed by atoms with Crippen LogP contribution in [0.2, 0.25) is 0 Å². The summed E-state index contributed by atoms with van der Waals surface area (Å²) in [5.41, 5.74) is 0. The fourth-order valence-corrected chi connectivity index (χ4v) is 21.0. The summed E-state index contributed by atoms with van der Waals surface area (Å²) in [6, 6.07) is 98.1. The molecule has 0 aliphatic rings. The Morgan fingerprint density at radius 3 is 0.310 bits per heavy atom. The number of rotatable bonds is 9. The van der Waals surface area contributed by atoms with E-state index in [0.29, 0.717) is 0 Å². The molecule has 9 aromatic carbocycles. The second-order valence-electron chi connectivity index (χ2n) is 13.0. The normalized spacial score (nSPS) is 10.4. The molecular formula is C54H45As3Rh. The summed E-state index contributed by atoms with van der Waals surface area (Å²) in [5, 5.41) is 0. The SMILES string of the molecule is [Rh].c1ccc([As](c2ccccc2)c2ccccc2)cc1.c1ccc([As](c2ccccc2)c2ccccc2)cc1.c1ccc([As](c2ccccc2)c2ccccc2)cc1. The quantitative estimate of drug-likeness (QED) is 0.143. The molecular weight excluding hydrogens is 976 g/mol. The van der Waals surface area contributed by atoms with E-state index in [-0.39, 0.29) is 19.5 Å². The van der Waals surface area contributed by atoms with Crippen molar-refractivity contribution in [2.24, 2.45) is 0 Å². The zero-order chi connectivity index (χ0) is 38.7. The molecule has 58 heavy (non-hydrogen) atoms. The Balaban J connectivity index is 0.000000145. The van der Waals surface area contributed by atoms with Crippen molar-refractivity contribution in [3.05, 3.63) is 273 Å². The molecule has 0 spiro atoms. The molecule has 1 radical (unpaired) electrons. The van der Waals surface area contributed by atoms with Crippen LogP contribution in [0.15, 0.2) is 273 Å². The minimum absolute atomic E-state index is 0. The molecule has 0 fully saturated rings. The van der Waals surface area contributed by atoms with Gasteiger partial charge in [-0.2, -0.15) is 0 Å². The van der Waals surface area contributed by atoms with Gasteiger partial charge in [0.2, 0.25) is 0 Å². The first-order chi connectivity index (χ1) is 28.3. The molecule has 0 saturated heterocycles. The van der Waals surface area contributed by atoms with Crippen LogP contribution >= 0.6 is 0 Å². The predicted molar refractivity (Wildman–Crippen MR) is 252 cm³/mol. The molecule has 0 amide bonds. The van der Waals surface area contributed by atoms with Crippen molar-refractivity contribution in [2.45, 2.75) is 0 Å². The molecule has 0 aliphatic carbocycles. The average molecular weight is 1020 g/mol. The molecule has 4 heteroatoms. The third kappa shape index (κ3) is 12.2. The average Bonchev–Trinajstić information content (AvgIpc) is 3.30. The fraction of sp³-hybridized carbons (Fsp3) is 0. The molecule has 9 aromatic rings. The topological polar surface area (TPSA) is 0 Å². The van der Waals surface area contributed by atoms with E-state index in [4.69, 9.17) is 0 Å². The van der Waals surface area contributed by atoms with Gasteiger partial charge in [-0.1, -0.05) is 0 Å². The Hall–Kier alpha value is -4.72. The second kappa shape index (κ2) is 23.6. The number of hydrogen-bond donors (Lipinski definition) is 0. The van der Waals surface area contributed by atoms with Gasteiger partial charge in [-0.25, -0.2) is 0 Å². The van der Waals surface area contributed by atoms with Crippen LogP contribution in [0.4, 0.5) is 0 Å². The van der Waals surface area contributed by atoms with Gasteiger partial charge in [0.25, 0.3) is 0 Å². The van der Waals surface area contributed by atoms with Crippen LogP contribution in [0.25, 0.3) is 0 Å². The van der Waals surface area contributed by atoms with E-state index >= 15 is 0 Å². The maximum absolute atomic E-state index is 2.26. The molecule has 0 unspecified atom stereocenters. The van der Waals surface area contributed by atoms with Gasteiger partial charge < -0.3 is 0 Å². The minimum atomic E-state index is -1.39. The monoisotopic (exact) mass is 1020 g/mol. The van der Waals surface area contributed by atoms with Crippen molar-refractivity contribution < 1.29 is 19.5 Å². The molecule has 0 heterocycles. The Morgan fingerprint density at radius 1 is 0.138 bits per heavy atom. The van der Waals surface area contributed by atoms with E-state index in [1.807, 2.05) is 0 Å². The number of hydrogen-bond acceptors (Lipinski definition) is 0. The zero-order valence-electron chi connectivity index (χ0n) is 32.2. The van der Waals surface area contributed by atoms with Crippen molar-refractivity contribution in [3.8, 4) is 0 Å². The molecule has 0 aromatic heterocycles. The van der Waals surface area contributed by atoms with Crippen LogP contribution in [-0.2, 0) is 19.5 Å². The van der Waals surface area contributed by atoms with Gasteiger partial charge in [0.15, 0.2) is 0 Å². The first kappa shape index (κ1) is 42.9. The van der Waals surface area contributed by atoms with Gasteiger partial charge >= 0.3 is 356 Å². The first-order valence-corrected chi connectivity index (χ1v) is 27.7. The van der Waals surface area contributed by atoms with E-state index in [1.165, 1.54) is 39.2 Å². The Labute approximate surface area is 372 Å². The molecule has 0 bridgehead atoms. The van der Waals surface area contributed by atoms with Gasteiger partial charge in [0, 0.05) is 19.5 Å². The summed E-state index contributed by atoms with van der Waals surface area (Å²) in [6.07, 6.45) is 0. The van der Waals surface area contributed by atoms with E-state index in [0.717, 1.165) is 0 Å². The third-order valence-corrected chi connectivity index (χ3v) is 24.5. The van der Waals surface area contributed by atoms with Gasteiger partial charge in [-0.05, 0) is 0 Å². The van der Waals surface area contributed by atoms with Crippen LogP contribution in [-0.4, -0.2) is 44.0 Å². The van der Waals surface area contributed by atoms with Gasteiger partial charge in [0.05, 0.1) is 0 Å². The van der Waals surface area contributed by atoms with Crippen LogP contribution in [0.5, 0.6) is 0 Å². The summed E-state index contributed by atoms with van der Waals surface area (Å²) in [5.74, 6) is 0. The van der Waals surface area contributed by atoms with E-state index in [1.54, 1.807) is 0 Å². The molecule has 9 rings (SSSR count). The van der Waals surface area contributed by atoms with Gasteiger partial charge in [0.1, 0.15) is 0 Å². The van der Waals surface area contributed by atoms with Crippen molar-refractivity contribution >= 4 is 83.1 Å². The van der Waals surface area contributed by atoms with E-state index in [9.17, 15) is 0 Å². The summed E-state index contributed by atoms with van der Waals surface area (Å²) >= 11 is -4.17. The summed E-state index contributed by atoms with van der Waals surface area (Å²) in [4.78, 5) is 0. The molecule has 0 atom stereocenters. The van der Waals surface area contributed by atoms with Crippen molar-refractivity contribution in [3.63, 3.8) is 0 Å². The second-order valence-corrected chi connectivity index (χ2v) is 27.0. The molecule has 0 saturated carbocycles. The van der Waals surface area contributed by atoms with E-state index in [2.05, 4.69) is 273 Å². The third-order valence-electron chi connectivity index (χ3n) is 9.13. The summed E-state index contributed by atoms with van der Waals surface area (Å²) < 4.78 is 13.3. The van der Waals surface area contributed by atoms with Crippen LogP contribution in [0.1, 0.15) is 0 Å². The molecule has 0 aliphatic heterocycles. The Bertz CT molecular complexity index is 1860. The molecule has 285 valence electrons.